The van der Waals surface area contributed by atoms with Gasteiger partial charge in [0.25, 0.3) is 0 Å². The Bertz CT molecular complexity index is 1260. The summed E-state index contributed by atoms with van der Waals surface area (Å²) >= 11 is 0. The lowest BCUT2D eigenvalue weighted by molar-refractivity contribution is 1.12. The molecule has 0 aliphatic heterocycles. The summed E-state index contributed by atoms with van der Waals surface area (Å²) in [4.78, 5) is 8.85. The molecule has 0 atom stereocenters. The molecule has 0 aliphatic rings. The van der Waals surface area contributed by atoms with Crippen molar-refractivity contribution in [2.75, 3.05) is 5.32 Å². The van der Waals surface area contributed by atoms with Gasteiger partial charge in [-0.05, 0) is 59.8 Å². The van der Waals surface area contributed by atoms with E-state index in [0.717, 1.165) is 38.9 Å². The summed E-state index contributed by atoms with van der Waals surface area (Å²) in [5.74, 6) is 0.820. The molecule has 0 radical (unpaired) electrons. The number of anilines is 2. The Morgan fingerprint density at radius 3 is 2.67 bits per heavy atom. The Labute approximate surface area is 156 Å². The monoisotopic (exact) mass is 351 g/mol. The number of aryl methyl sites for hydroxylation is 1. The van der Waals surface area contributed by atoms with E-state index in [1.807, 2.05) is 25.3 Å². The van der Waals surface area contributed by atoms with Gasteiger partial charge >= 0.3 is 0 Å². The molecular weight excluding hydrogens is 334 g/mol. The molecule has 5 nitrogen and oxygen atoms in total. The van der Waals surface area contributed by atoms with Gasteiger partial charge in [-0.1, -0.05) is 18.2 Å². The number of H-pyrrole nitrogens is 1. The fourth-order valence-electron chi connectivity index (χ4n) is 3.37. The molecule has 0 fully saturated rings. The first kappa shape index (κ1) is 15.5. The fraction of sp³-hybridized carbons (Fsp3) is 0.0455. The van der Waals surface area contributed by atoms with E-state index >= 15 is 0 Å². The highest BCUT2D eigenvalue weighted by atomic mass is 15.1. The molecule has 5 aromatic rings. The largest absolute Gasteiger partial charge is 0.339 e. The average Bonchev–Trinajstić information content (AvgIpc) is 3.16. The number of aromatic amines is 1. The molecular formula is C22H17N5. The summed E-state index contributed by atoms with van der Waals surface area (Å²) in [5.41, 5.74) is 5.30. The van der Waals surface area contributed by atoms with E-state index < -0.39 is 0 Å². The summed E-state index contributed by atoms with van der Waals surface area (Å²) in [6.07, 6.45) is 5.39. The minimum atomic E-state index is 0.820. The molecule has 27 heavy (non-hydrogen) atoms. The summed E-state index contributed by atoms with van der Waals surface area (Å²) < 4.78 is 0. The fourth-order valence-corrected chi connectivity index (χ4v) is 3.37. The Morgan fingerprint density at radius 1 is 0.889 bits per heavy atom. The maximum absolute atomic E-state index is 4.72. The molecule has 0 bridgehead atoms. The highest BCUT2D eigenvalue weighted by molar-refractivity contribution is 5.92. The van der Waals surface area contributed by atoms with Gasteiger partial charge in [-0.15, -0.1) is 0 Å². The van der Waals surface area contributed by atoms with Gasteiger partial charge in [0, 0.05) is 22.7 Å². The minimum Gasteiger partial charge on any atom is -0.339 e. The quantitative estimate of drug-likeness (QED) is 0.467. The molecule has 3 heterocycles. The molecule has 130 valence electrons. The van der Waals surface area contributed by atoms with Crippen LogP contribution in [0.5, 0.6) is 0 Å². The van der Waals surface area contributed by atoms with Crippen LogP contribution in [-0.2, 0) is 0 Å². The standard InChI is InChI=1S/C22H17N5/c1-14-20-10-16(15-6-7-21-18(9-15)12-24-27-21)4-5-17(20)11-22(25-14)26-19-3-2-8-23-13-19/h2-13H,1H3,(H,24,27)(H,25,26). The predicted molar refractivity (Wildman–Crippen MR) is 109 cm³/mol. The molecule has 0 spiro atoms. The van der Waals surface area contributed by atoms with Gasteiger partial charge in [-0.2, -0.15) is 5.10 Å². The summed E-state index contributed by atoms with van der Waals surface area (Å²) in [6, 6.07) is 18.8. The van der Waals surface area contributed by atoms with E-state index in [2.05, 4.69) is 63.0 Å². The third kappa shape index (κ3) is 2.89. The highest BCUT2D eigenvalue weighted by Gasteiger charge is 2.07. The van der Waals surface area contributed by atoms with Crippen molar-refractivity contribution in [1.29, 1.82) is 0 Å². The SMILES string of the molecule is Cc1nc(Nc2cccnc2)cc2ccc(-c3ccc4[nH]ncc4c3)cc12. The number of fused-ring (bicyclic) bond motifs is 2. The Balaban J connectivity index is 1.55. The number of benzene rings is 2. The molecule has 0 saturated carbocycles. The van der Waals surface area contributed by atoms with Crippen LogP contribution in [0, 0.1) is 6.92 Å². The van der Waals surface area contributed by atoms with Gasteiger partial charge in [0.2, 0.25) is 0 Å². The van der Waals surface area contributed by atoms with Crippen LogP contribution < -0.4 is 5.32 Å². The van der Waals surface area contributed by atoms with Crippen LogP contribution in [0.15, 0.2) is 73.2 Å². The smallest absolute Gasteiger partial charge is 0.131 e. The van der Waals surface area contributed by atoms with Crippen molar-refractivity contribution in [3.8, 4) is 11.1 Å². The van der Waals surface area contributed by atoms with Crippen LogP contribution in [0.3, 0.4) is 0 Å². The van der Waals surface area contributed by atoms with Crippen molar-refractivity contribution >= 4 is 33.2 Å². The molecule has 0 aliphatic carbocycles. The first-order chi connectivity index (χ1) is 13.3. The number of aromatic nitrogens is 4. The molecule has 0 unspecified atom stereocenters. The zero-order valence-electron chi connectivity index (χ0n) is 14.8. The third-order valence-electron chi connectivity index (χ3n) is 4.73. The summed E-state index contributed by atoms with van der Waals surface area (Å²) in [6.45, 7) is 2.04. The van der Waals surface area contributed by atoms with Crippen molar-refractivity contribution in [3.63, 3.8) is 0 Å². The minimum absolute atomic E-state index is 0.820. The van der Waals surface area contributed by atoms with Crippen molar-refractivity contribution in [2.45, 2.75) is 6.92 Å². The topological polar surface area (TPSA) is 66.5 Å². The lowest BCUT2D eigenvalue weighted by atomic mass is 10.00. The Morgan fingerprint density at radius 2 is 1.78 bits per heavy atom. The van der Waals surface area contributed by atoms with Crippen molar-refractivity contribution in [1.82, 2.24) is 20.2 Å². The van der Waals surface area contributed by atoms with E-state index in [0.29, 0.717) is 0 Å². The van der Waals surface area contributed by atoms with Crippen LogP contribution in [-0.4, -0.2) is 20.2 Å². The summed E-state index contributed by atoms with van der Waals surface area (Å²) in [7, 11) is 0. The maximum atomic E-state index is 4.72. The second-order valence-electron chi connectivity index (χ2n) is 6.57. The number of pyridine rings is 2. The molecule has 5 heteroatoms. The Kier molecular flexibility index (Phi) is 3.57. The second kappa shape index (κ2) is 6.21. The molecule has 2 aromatic carbocycles. The van der Waals surface area contributed by atoms with Crippen LogP contribution in [0.25, 0.3) is 32.8 Å². The average molecular weight is 351 g/mol. The van der Waals surface area contributed by atoms with E-state index in [1.54, 1.807) is 12.4 Å². The Hall–Kier alpha value is -3.73. The second-order valence-corrected chi connectivity index (χ2v) is 6.57. The molecule has 3 aromatic heterocycles. The van der Waals surface area contributed by atoms with E-state index in [4.69, 9.17) is 4.98 Å². The number of hydrogen-bond donors (Lipinski definition) is 2. The van der Waals surface area contributed by atoms with E-state index in [-0.39, 0.29) is 0 Å². The number of nitrogens with zero attached hydrogens (tertiary/aromatic N) is 3. The first-order valence-electron chi connectivity index (χ1n) is 8.78. The van der Waals surface area contributed by atoms with Crippen molar-refractivity contribution < 1.29 is 0 Å². The van der Waals surface area contributed by atoms with Gasteiger partial charge in [-0.3, -0.25) is 10.1 Å². The lowest BCUT2D eigenvalue weighted by Gasteiger charge is -2.10. The maximum Gasteiger partial charge on any atom is 0.131 e. The lowest BCUT2D eigenvalue weighted by Crippen LogP contribution is -1.96. The first-order valence-corrected chi connectivity index (χ1v) is 8.78. The van der Waals surface area contributed by atoms with E-state index in [1.165, 1.54) is 11.1 Å². The van der Waals surface area contributed by atoms with Crippen molar-refractivity contribution in [3.05, 3.63) is 78.9 Å². The van der Waals surface area contributed by atoms with Gasteiger partial charge in [-0.25, -0.2) is 4.98 Å². The third-order valence-corrected chi connectivity index (χ3v) is 4.73. The number of hydrogen-bond acceptors (Lipinski definition) is 4. The molecule has 0 saturated heterocycles. The van der Waals surface area contributed by atoms with Gasteiger partial charge in [0.1, 0.15) is 5.82 Å². The van der Waals surface area contributed by atoms with Gasteiger partial charge in [0.05, 0.1) is 23.6 Å². The van der Waals surface area contributed by atoms with Gasteiger partial charge in [0.15, 0.2) is 0 Å². The molecule has 5 rings (SSSR count). The van der Waals surface area contributed by atoms with Crippen LogP contribution in [0.4, 0.5) is 11.5 Å². The molecule has 0 amide bonds. The van der Waals surface area contributed by atoms with Crippen LogP contribution in [0.2, 0.25) is 0 Å². The van der Waals surface area contributed by atoms with Crippen molar-refractivity contribution in [2.24, 2.45) is 0 Å². The predicted octanol–water partition coefficient (Wildman–Crippen LogP) is 5.23. The van der Waals surface area contributed by atoms with E-state index in [9.17, 15) is 0 Å². The van der Waals surface area contributed by atoms with Crippen LogP contribution >= 0.6 is 0 Å². The van der Waals surface area contributed by atoms with Crippen LogP contribution in [0.1, 0.15) is 5.69 Å². The number of nitrogens with one attached hydrogen (secondary N) is 2. The highest BCUT2D eigenvalue weighted by Crippen LogP contribution is 2.29. The van der Waals surface area contributed by atoms with Gasteiger partial charge < -0.3 is 5.32 Å². The number of rotatable bonds is 3. The molecule has 2 N–H and O–H groups in total. The zero-order valence-corrected chi connectivity index (χ0v) is 14.8. The zero-order chi connectivity index (χ0) is 18.2. The normalized spacial score (nSPS) is 11.1. The summed E-state index contributed by atoms with van der Waals surface area (Å²) in [5, 5.41) is 13.8.